The van der Waals surface area contributed by atoms with Crippen molar-refractivity contribution in [3.05, 3.63) is 64.4 Å². The molecule has 1 atom stereocenters. The molecule has 1 N–H and O–H groups in total. The molecule has 0 aliphatic heterocycles. The van der Waals surface area contributed by atoms with Crippen molar-refractivity contribution >= 4 is 51.8 Å². The van der Waals surface area contributed by atoms with Crippen LogP contribution in [0, 0.1) is 0 Å². The third-order valence-corrected chi connectivity index (χ3v) is 4.12. The molecule has 1 amide bonds. The van der Waals surface area contributed by atoms with E-state index in [1.807, 2.05) is 0 Å². The molecule has 1 aromatic heterocycles. The first-order chi connectivity index (χ1) is 12.5. The van der Waals surface area contributed by atoms with Crippen molar-refractivity contribution in [2.75, 3.05) is 5.32 Å². The Morgan fingerprint density at radius 3 is 2.69 bits per heavy atom. The molecule has 3 rings (SSSR count). The molecule has 3 aromatic rings. The van der Waals surface area contributed by atoms with Gasteiger partial charge in [-0.1, -0.05) is 29.3 Å². The molecule has 6 nitrogen and oxygen atoms in total. The van der Waals surface area contributed by atoms with E-state index in [2.05, 4.69) is 15.3 Å². The van der Waals surface area contributed by atoms with E-state index in [9.17, 15) is 9.59 Å². The van der Waals surface area contributed by atoms with E-state index in [0.29, 0.717) is 26.8 Å². The Kier molecular flexibility index (Phi) is 5.35. The van der Waals surface area contributed by atoms with E-state index in [1.54, 1.807) is 30.3 Å². The van der Waals surface area contributed by atoms with Gasteiger partial charge in [0.05, 0.1) is 21.8 Å². The summed E-state index contributed by atoms with van der Waals surface area (Å²) in [5.74, 6) is -1.20. The van der Waals surface area contributed by atoms with Crippen molar-refractivity contribution in [3.8, 4) is 0 Å². The summed E-state index contributed by atoms with van der Waals surface area (Å²) in [4.78, 5) is 33.0. The second-order valence-corrected chi connectivity index (χ2v) is 6.23. The molecule has 0 aliphatic rings. The summed E-state index contributed by atoms with van der Waals surface area (Å²) in [7, 11) is 0. The first-order valence-corrected chi connectivity index (χ1v) is 8.38. The molecule has 8 heteroatoms. The van der Waals surface area contributed by atoms with Gasteiger partial charge < -0.3 is 10.1 Å². The van der Waals surface area contributed by atoms with Crippen LogP contribution >= 0.6 is 23.2 Å². The Bertz CT molecular complexity index is 989. The quantitative estimate of drug-likeness (QED) is 0.678. The molecule has 0 bridgehead atoms. The Balaban J connectivity index is 1.74. The lowest BCUT2D eigenvalue weighted by Crippen LogP contribution is -2.30. The summed E-state index contributed by atoms with van der Waals surface area (Å²) >= 11 is 11.9. The number of anilines is 1. The molecule has 1 unspecified atom stereocenters. The molecule has 0 fully saturated rings. The second kappa shape index (κ2) is 7.68. The maximum Gasteiger partial charge on any atom is 0.341 e. The van der Waals surface area contributed by atoms with Crippen molar-refractivity contribution < 1.29 is 14.3 Å². The van der Waals surface area contributed by atoms with Crippen LogP contribution in [0.2, 0.25) is 10.0 Å². The Labute approximate surface area is 159 Å². The van der Waals surface area contributed by atoms with Crippen LogP contribution in [0.4, 0.5) is 5.69 Å². The fourth-order valence-corrected chi connectivity index (χ4v) is 2.60. The van der Waals surface area contributed by atoms with E-state index in [1.165, 1.54) is 25.4 Å². The number of fused-ring (bicyclic) bond motifs is 1. The van der Waals surface area contributed by atoms with Gasteiger partial charge in [-0.05, 0) is 37.3 Å². The molecular weight excluding hydrogens is 377 g/mol. The van der Waals surface area contributed by atoms with E-state index >= 15 is 0 Å². The highest BCUT2D eigenvalue weighted by Gasteiger charge is 2.21. The molecule has 0 spiro atoms. The van der Waals surface area contributed by atoms with Gasteiger partial charge in [-0.3, -0.25) is 14.8 Å². The first kappa shape index (κ1) is 18.1. The average molecular weight is 390 g/mol. The van der Waals surface area contributed by atoms with Crippen LogP contribution in [-0.2, 0) is 9.53 Å². The minimum Gasteiger partial charge on any atom is -0.449 e. The lowest BCUT2D eigenvalue weighted by Gasteiger charge is -2.15. The van der Waals surface area contributed by atoms with Crippen molar-refractivity contribution in [1.29, 1.82) is 0 Å². The van der Waals surface area contributed by atoms with Gasteiger partial charge in [-0.25, -0.2) is 4.79 Å². The lowest BCUT2D eigenvalue weighted by atomic mass is 10.2. The van der Waals surface area contributed by atoms with Gasteiger partial charge >= 0.3 is 5.97 Å². The molecular formula is C18H13Cl2N3O3. The summed E-state index contributed by atoms with van der Waals surface area (Å²) in [6.07, 6.45) is 1.96. The predicted molar refractivity (Wildman–Crippen MR) is 99.5 cm³/mol. The van der Waals surface area contributed by atoms with E-state index in [-0.39, 0.29) is 5.56 Å². The zero-order valence-corrected chi connectivity index (χ0v) is 15.1. The SMILES string of the molecule is CC(OC(=O)c1cccc2nccnc12)C(=O)Nc1cc(Cl)ccc1Cl. The molecule has 1 heterocycles. The third kappa shape index (κ3) is 3.92. The number of nitrogens with one attached hydrogen (secondary N) is 1. The number of carbonyl (C=O) groups is 2. The monoisotopic (exact) mass is 389 g/mol. The van der Waals surface area contributed by atoms with Crippen LogP contribution in [0.25, 0.3) is 11.0 Å². The average Bonchev–Trinajstić information content (AvgIpc) is 2.64. The number of aromatic nitrogens is 2. The summed E-state index contributed by atoms with van der Waals surface area (Å²) in [5.41, 5.74) is 1.54. The highest BCUT2D eigenvalue weighted by Crippen LogP contribution is 2.25. The summed E-state index contributed by atoms with van der Waals surface area (Å²) in [6, 6.07) is 9.64. The summed E-state index contributed by atoms with van der Waals surface area (Å²) in [6.45, 7) is 1.46. The number of halogens is 2. The van der Waals surface area contributed by atoms with Gasteiger partial charge in [0, 0.05) is 17.4 Å². The number of nitrogens with zero attached hydrogens (tertiary/aromatic N) is 2. The summed E-state index contributed by atoms with van der Waals surface area (Å²) < 4.78 is 5.25. The maximum atomic E-state index is 12.4. The molecule has 26 heavy (non-hydrogen) atoms. The van der Waals surface area contributed by atoms with Crippen LogP contribution in [-0.4, -0.2) is 27.9 Å². The van der Waals surface area contributed by atoms with Crippen molar-refractivity contribution in [2.45, 2.75) is 13.0 Å². The topological polar surface area (TPSA) is 81.2 Å². The van der Waals surface area contributed by atoms with Crippen LogP contribution in [0.5, 0.6) is 0 Å². The van der Waals surface area contributed by atoms with Crippen molar-refractivity contribution in [1.82, 2.24) is 9.97 Å². The molecule has 0 radical (unpaired) electrons. The Morgan fingerprint density at radius 1 is 1.12 bits per heavy atom. The summed E-state index contributed by atoms with van der Waals surface area (Å²) in [5, 5.41) is 3.33. The number of ether oxygens (including phenoxy) is 1. The van der Waals surface area contributed by atoms with Crippen LogP contribution in [0.1, 0.15) is 17.3 Å². The van der Waals surface area contributed by atoms with Crippen LogP contribution in [0.3, 0.4) is 0 Å². The van der Waals surface area contributed by atoms with Gasteiger partial charge in [-0.15, -0.1) is 0 Å². The van der Waals surface area contributed by atoms with Gasteiger partial charge in [0.1, 0.15) is 5.52 Å². The predicted octanol–water partition coefficient (Wildman–Crippen LogP) is 4.12. The van der Waals surface area contributed by atoms with E-state index < -0.39 is 18.0 Å². The second-order valence-electron chi connectivity index (χ2n) is 5.39. The van der Waals surface area contributed by atoms with E-state index in [0.717, 1.165) is 0 Å². The number of benzene rings is 2. The third-order valence-electron chi connectivity index (χ3n) is 3.56. The van der Waals surface area contributed by atoms with E-state index in [4.69, 9.17) is 27.9 Å². The normalized spacial score (nSPS) is 11.8. The zero-order chi connectivity index (χ0) is 18.7. The minimum absolute atomic E-state index is 0.232. The number of hydrogen-bond donors (Lipinski definition) is 1. The largest absolute Gasteiger partial charge is 0.449 e. The number of esters is 1. The highest BCUT2D eigenvalue weighted by atomic mass is 35.5. The van der Waals surface area contributed by atoms with Crippen molar-refractivity contribution in [3.63, 3.8) is 0 Å². The first-order valence-electron chi connectivity index (χ1n) is 7.62. The highest BCUT2D eigenvalue weighted by molar-refractivity contribution is 6.35. The molecule has 132 valence electrons. The Morgan fingerprint density at radius 2 is 1.88 bits per heavy atom. The fraction of sp³-hybridized carbons (Fsp3) is 0.111. The maximum absolute atomic E-state index is 12.4. The van der Waals surface area contributed by atoms with Gasteiger partial charge in [0.25, 0.3) is 5.91 Å². The molecule has 0 aliphatic carbocycles. The minimum atomic E-state index is -1.05. The van der Waals surface area contributed by atoms with Crippen LogP contribution < -0.4 is 5.32 Å². The smallest absolute Gasteiger partial charge is 0.341 e. The van der Waals surface area contributed by atoms with Gasteiger partial charge in [-0.2, -0.15) is 0 Å². The van der Waals surface area contributed by atoms with Gasteiger partial charge in [0.2, 0.25) is 0 Å². The lowest BCUT2D eigenvalue weighted by molar-refractivity contribution is -0.123. The standard InChI is InChI=1S/C18H13Cl2N3O3/c1-10(17(24)23-15-9-11(19)5-6-13(15)20)26-18(25)12-3-2-4-14-16(12)22-8-7-21-14/h2-10H,1H3,(H,23,24). The number of carbonyl (C=O) groups excluding carboxylic acids is 2. The number of hydrogen-bond acceptors (Lipinski definition) is 5. The van der Waals surface area contributed by atoms with Gasteiger partial charge in [0.15, 0.2) is 6.10 Å². The zero-order valence-electron chi connectivity index (χ0n) is 13.6. The number of para-hydroxylation sites is 1. The molecule has 0 saturated carbocycles. The molecule has 0 saturated heterocycles. The van der Waals surface area contributed by atoms with Crippen molar-refractivity contribution in [2.24, 2.45) is 0 Å². The Hall–Kier alpha value is -2.70. The number of rotatable bonds is 4. The fourth-order valence-electron chi connectivity index (χ4n) is 2.26. The van der Waals surface area contributed by atoms with Crippen LogP contribution in [0.15, 0.2) is 48.8 Å². The molecule has 2 aromatic carbocycles. The number of amides is 1.